The van der Waals surface area contributed by atoms with Crippen LogP contribution < -0.4 is 5.32 Å². The Kier molecular flexibility index (Phi) is 3.55. The number of phenolic OH excluding ortho intramolecular Hbond substituents is 2. The van der Waals surface area contributed by atoms with E-state index in [4.69, 9.17) is 0 Å². The second-order valence-corrected chi connectivity index (χ2v) is 5.62. The van der Waals surface area contributed by atoms with Gasteiger partial charge in [0.05, 0.1) is 6.04 Å². The van der Waals surface area contributed by atoms with Crippen molar-refractivity contribution in [3.63, 3.8) is 0 Å². The zero-order valence-electron chi connectivity index (χ0n) is 12.2. The zero-order valence-corrected chi connectivity index (χ0v) is 12.2. The van der Waals surface area contributed by atoms with Crippen LogP contribution in [0.4, 0.5) is 0 Å². The second-order valence-electron chi connectivity index (χ2n) is 5.62. The molecule has 0 aliphatic carbocycles. The number of hydrogen-bond donors (Lipinski definition) is 3. The molecule has 0 bridgehead atoms. The van der Waals surface area contributed by atoms with Crippen LogP contribution in [0.3, 0.4) is 0 Å². The highest BCUT2D eigenvalue weighted by Crippen LogP contribution is 2.27. The smallest absolute Gasteiger partial charge is 0.149 e. The quantitative estimate of drug-likeness (QED) is 0.802. The van der Waals surface area contributed by atoms with Gasteiger partial charge >= 0.3 is 0 Å². The van der Waals surface area contributed by atoms with Crippen LogP contribution >= 0.6 is 0 Å². The molecular weight excluding hydrogens is 268 g/mol. The van der Waals surface area contributed by atoms with Crippen molar-refractivity contribution in [1.29, 1.82) is 0 Å². The molecule has 1 aliphatic heterocycles. The van der Waals surface area contributed by atoms with E-state index in [1.165, 1.54) is 6.07 Å². The Morgan fingerprint density at radius 2 is 1.81 bits per heavy atom. The summed E-state index contributed by atoms with van der Waals surface area (Å²) >= 11 is 0. The molecule has 112 valence electrons. The minimum absolute atomic E-state index is 0.0210. The maximum atomic E-state index is 9.57. The summed E-state index contributed by atoms with van der Waals surface area (Å²) in [6.07, 6.45) is 2.12. The SMILES string of the molecule is CC(NC(C)c1nnc2n1CCC2)c1cc(O)cc(O)c1. The first-order valence-electron chi connectivity index (χ1n) is 7.25. The standard InChI is InChI=1S/C15H20N4O2/c1-9(11-6-12(20)8-13(21)7-11)16-10(2)15-18-17-14-4-3-5-19(14)15/h6-10,16,20-21H,3-5H2,1-2H3. The third-order valence-electron chi connectivity index (χ3n) is 3.95. The molecule has 0 amide bonds. The number of nitrogens with zero attached hydrogens (tertiary/aromatic N) is 3. The number of hydrogen-bond acceptors (Lipinski definition) is 5. The van der Waals surface area contributed by atoms with E-state index >= 15 is 0 Å². The van der Waals surface area contributed by atoms with Gasteiger partial charge in [-0.05, 0) is 38.0 Å². The summed E-state index contributed by atoms with van der Waals surface area (Å²) in [7, 11) is 0. The summed E-state index contributed by atoms with van der Waals surface area (Å²) in [5.41, 5.74) is 0.834. The predicted octanol–water partition coefficient (Wildman–Crippen LogP) is 2.05. The zero-order chi connectivity index (χ0) is 15.0. The number of fused-ring (bicyclic) bond motifs is 1. The highest BCUT2D eigenvalue weighted by atomic mass is 16.3. The maximum absolute atomic E-state index is 9.57. The van der Waals surface area contributed by atoms with Crippen LogP contribution in [0.2, 0.25) is 0 Å². The van der Waals surface area contributed by atoms with Crippen LogP contribution in [0.25, 0.3) is 0 Å². The monoisotopic (exact) mass is 288 g/mol. The maximum Gasteiger partial charge on any atom is 0.149 e. The van der Waals surface area contributed by atoms with Crippen LogP contribution in [-0.2, 0) is 13.0 Å². The van der Waals surface area contributed by atoms with Crippen LogP contribution in [0.15, 0.2) is 18.2 Å². The van der Waals surface area contributed by atoms with Crippen molar-refractivity contribution >= 4 is 0 Å². The largest absolute Gasteiger partial charge is 0.508 e. The van der Waals surface area contributed by atoms with Gasteiger partial charge in [0.2, 0.25) is 0 Å². The molecule has 1 aliphatic rings. The van der Waals surface area contributed by atoms with Crippen molar-refractivity contribution < 1.29 is 10.2 Å². The fraction of sp³-hybridized carbons (Fsp3) is 0.467. The highest BCUT2D eigenvalue weighted by Gasteiger charge is 2.22. The molecule has 0 saturated carbocycles. The second kappa shape index (κ2) is 5.37. The van der Waals surface area contributed by atoms with E-state index in [-0.39, 0.29) is 23.6 Å². The average Bonchev–Trinajstić information content (AvgIpc) is 2.99. The molecule has 3 rings (SSSR count). The fourth-order valence-corrected chi connectivity index (χ4v) is 2.91. The van der Waals surface area contributed by atoms with E-state index in [1.807, 2.05) is 6.92 Å². The number of aromatic hydroxyl groups is 2. The average molecular weight is 288 g/mol. The first-order chi connectivity index (χ1) is 10.0. The Morgan fingerprint density at radius 1 is 1.10 bits per heavy atom. The van der Waals surface area contributed by atoms with E-state index in [0.717, 1.165) is 36.6 Å². The summed E-state index contributed by atoms with van der Waals surface area (Å²) in [6, 6.07) is 4.65. The minimum Gasteiger partial charge on any atom is -0.508 e. The van der Waals surface area contributed by atoms with Gasteiger partial charge in [0.15, 0.2) is 0 Å². The summed E-state index contributed by atoms with van der Waals surface area (Å²) in [4.78, 5) is 0. The lowest BCUT2D eigenvalue weighted by atomic mass is 10.1. The Morgan fingerprint density at radius 3 is 2.52 bits per heavy atom. The fourth-order valence-electron chi connectivity index (χ4n) is 2.91. The summed E-state index contributed by atoms with van der Waals surface area (Å²) in [5, 5.41) is 31.1. The molecule has 2 aromatic rings. The third-order valence-corrected chi connectivity index (χ3v) is 3.95. The van der Waals surface area contributed by atoms with Crippen LogP contribution in [0.1, 0.15) is 49.6 Å². The topological polar surface area (TPSA) is 83.2 Å². The normalized spacial score (nSPS) is 16.7. The predicted molar refractivity (Wildman–Crippen MR) is 78.1 cm³/mol. The lowest BCUT2D eigenvalue weighted by Gasteiger charge is -2.20. The van der Waals surface area contributed by atoms with Crippen molar-refractivity contribution in [3.8, 4) is 11.5 Å². The Hall–Kier alpha value is -2.08. The van der Waals surface area contributed by atoms with E-state index in [0.29, 0.717) is 0 Å². The molecule has 0 fully saturated rings. The molecule has 2 heterocycles. The van der Waals surface area contributed by atoms with Gasteiger partial charge in [-0.15, -0.1) is 10.2 Å². The molecule has 0 spiro atoms. The number of aryl methyl sites for hydroxylation is 1. The van der Waals surface area contributed by atoms with Gasteiger partial charge in [-0.25, -0.2) is 0 Å². The number of benzene rings is 1. The first kappa shape index (κ1) is 13.9. The first-order valence-corrected chi connectivity index (χ1v) is 7.25. The Labute approximate surface area is 123 Å². The number of rotatable bonds is 4. The van der Waals surface area contributed by atoms with Crippen molar-refractivity contribution in [2.45, 2.75) is 45.3 Å². The Bertz CT molecular complexity index is 633. The molecule has 1 aromatic carbocycles. The number of aromatic nitrogens is 3. The van der Waals surface area contributed by atoms with Gasteiger partial charge < -0.3 is 20.1 Å². The molecule has 6 heteroatoms. The molecule has 2 atom stereocenters. The van der Waals surface area contributed by atoms with Gasteiger partial charge in [-0.3, -0.25) is 0 Å². The van der Waals surface area contributed by atoms with Gasteiger partial charge in [-0.1, -0.05) is 0 Å². The van der Waals surface area contributed by atoms with Crippen LogP contribution in [0.5, 0.6) is 11.5 Å². The van der Waals surface area contributed by atoms with Crippen LogP contribution in [0, 0.1) is 0 Å². The van der Waals surface area contributed by atoms with Gasteiger partial charge in [0.1, 0.15) is 23.1 Å². The minimum atomic E-state index is -0.0210. The van der Waals surface area contributed by atoms with E-state index in [9.17, 15) is 10.2 Å². The van der Waals surface area contributed by atoms with Gasteiger partial charge in [0, 0.05) is 25.1 Å². The molecule has 6 nitrogen and oxygen atoms in total. The molecule has 2 unspecified atom stereocenters. The van der Waals surface area contributed by atoms with Crippen molar-refractivity contribution in [1.82, 2.24) is 20.1 Å². The molecule has 3 N–H and O–H groups in total. The lowest BCUT2D eigenvalue weighted by molar-refractivity contribution is 0.436. The van der Waals surface area contributed by atoms with Crippen LogP contribution in [-0.4, -0.2) is 25.0 Å². The van der Waals surface area contributed by atoms with E-state index < -0.39 is 0 Å². The van der Waals surface area contributed by atoms with Crippen molar-refractivity contribution in [3.05, 3.63) is 35.4 Å². The van der Waals surface area contributed by atoms with Gasteiger partial charge in [-0.2, -0.15) is 0 Å². The molecular formula is C15H20N4O2. The molecule has 1 aromatic heterocycles. The number of nitrogens with one attached hydrogen (secondary N) is 1. The van der Waals surface area contributed by atoms with Crippen molar-refractivity contribution in [2.24, 2.45) is 0 Å². The summed E-state index contributed by atoms with van der Waals surface area (Å²) in [6.45, 7) is 5.02. The Balaban J connectivity index is 1.76. The van der Waals surface area contributed by atoms with E-state index in [2.05, 4.69) is 27.0 Å². The summed E-state index contributed by atoms with van der Waals surface area (Å²) in [5.74, 6) is 2.13. The third kappa shape index (κ3) is 2.71. The van der Waals surface area contributed by atoms with Gasteiger partial charge in [0.25, 0.3) is 0 Å². The summed E-state index contributed by atoms with van der Waals surface area (Å²) < 4.78 is 2.17. The van der Waals surface area contributed by atoms with E-state index in [1.54, 1.807) is 12.1 Å². The van der Waals surface area contributed by atoms with Crippen molar-refractivity contribution in [2.75, 3.05) is 0 Å². The highest BCUT2D eigenvalue weighted by molar-refractivity contribution is 5.38. The lowest BCUT2D eigenvalue weighted by Crippen LogP contribution is -2.25. The number of phenols is 2. The molecule has 21 heavy (non-hydrogen) atoms. The molecule has 0 radical (unpaired) electrons. The molecule has 0 saturated heterocycles.